The normalized spacial score (nSPS) is 15.3. The molecule has 2 N–H and O–H groups in total. The predicted molar refractivity (Wildman–Crippen MR) is 85.0 cm³/mol. The van der Waals surface area contributed by atoms with Crippen LogP contribution in [0, 0.1) is 11.8 Å². The van der Waals surface area contributed by atoms with Crippen LogP contribution in [-0.4, -0.2) is 46.3 Å². The molecule has 1 amide bonds. The number of hydrogen-bond acceptors (Lipinski definition) is 6. The molecule has 1 heterocycles. The molecule has 0 bridgehead atoms. The summed E-state index contributed by atoms with van der Waals surface area (Å²) >= 11 is 0. The lowest BCUT2D eigenvalue weighted by Crippen LogP contribution is -2.48. The van der Waals surface area contributed by atoms with Gasteiger partial charge in [-0.15, -0.1) is 0 Å². The van der Waals surface area contributed by atoms with Gasteiger partial charge in [0.2, 0.25) is 5.91 Å². The molecule has 1 fully saturated rings. The molecule has 1 aromatic rings. The molecule has 2 rings (SSSR count). The molecule has 1 saturated heterocycles. The highest BCUT2D eigenvalue weighted by Gasteiger charge is 2.29. The molecule has 1 atom stereocenters. The van der Waals surface area contributed by atoms with Gasteiger partial charge in [-0.2, -0.15) is 0 Å². The van der Waals surface area contributed by atoms with E-state index in [0.717, 1.165) is 13.1 Å². The lowest BCUT2D eigenvalue weighted by Gasteiger charge is -2.31. The van der Waals surface area contributed by atoms with Crippen LogP contribution in [0.5, 0.6) is 11.5 Å². The van der Waals surface area contributed by atoms with Gasteiger partial charge < -0.3 is 24.8 Å². The zero-order chi connectivity index (χ0) is 17.0. The van der Waals surface area contributed by atoms with Crippen molar-refractivity contribution in [1.29, 1.82) is 0 Å². The highest BCUT2D eigenvalue weighted by atomic mass is 16.5. The van der Waals surface area contributed by atoms with Crippen molar-refractivity contribution in [2.45, 2.75) is 6.92 Å². The molecule has 7 nitrogen and oxygen atoms in total. The van der Waals surface area contributed by atoms with Crippen LogP contribution in [-0.2, 0) is 9.53 Å². The Morgan fingerprint density at radius 3 is 2.26 bits per heavy atom. The molecule has 0 saturated carbocycles. The van der Waals surface area contributed by atoms with E-state index < -0.39 is 5.97 Å². The summed E-state index contributed by atoms with van der Waals surface area (Å²) < 4.78 is 15.2. The lowest BCUT2D eigenvalue weighted by molar-refractivity contribution is -0.121. The first kappa shape index (κ1) is 17.1. The molecule has 0 aliphatic carbocycles. The van der Waals surface area contributed by atoms with Crippen molar-refractivity contribution in [3.63, 3.8) is 0 Å². The number of esters is 1. The van der Waals surface area contributed by atoms with Gasteiger partial charge in [-0.3, -0.25) is 4.79 Å². The van der Waals surface area contributed by atoms with Crippen LogP contribution >= 0.6 is 0 Å². The van der Waals surface area contributed by atoms with Crippen LogP contribution < -0.4 is 20.1 Å². The van der Waals surface area contributed by atoms with E-state index in [1.807, 2.05) is 6.92 Å². The summed E-state index contributed by atoms with van der Waals surface area (Å²) in [6.07, 6.45) is 0. The summed E-state index contributed by atoms with van der Waals surface area (Å²) in [7, 11) is 4.25. The van der Waals surface area contributed by atoms with Crippen LogP contribution in [0.15, 0.2) is 12.1 Å². The largest absolute Gasteiger partial charge is 0.493 e. The lowest BCUT2D eigenvalue weighted by atomic mass is 9.88. The van der Waals surface area contributed by atoms with Crippen molar-refractivity contribution in [3.05, 3.63) is 17.7 Å². The Labute approximate surface area is 135 Å². The number of methoxy groups -OCH3 is 3. The quantitative estimate of drug-likeness (QED) is 0.768. The average molecular weight is 322 g/mol. The Morgan fingerprint density at radius 2 is 1.78 bits per heavy atom. The summed E-state index contributed by atoms with van der Waals surface area (Å²) in [5, 5.41) is 5.94. The molecule has 7 heteroatoms. The molecule has 23 heavy (non-hydrogen) atoms. The summed E-state index contributed by atoms with van der Waals surface area (Å²) in [6.45, 7) is 3.52. The van der Waals surface area contributed by atoms with E-state index in [0.29, 0.717) is 23.1 Å². The smallest absolute Gasteiger partial charge is 0.340 e. The number of amides is 1. The third-order valence-corrected chi connectivity index (χ3v) is 4.12. The monoisotopic (exact) mass is 322 g/mol. The first-order valence-electron chi connectivity index (χ1n) is 7.37. The average Bonchev–Trinajstić information content (AvgIpc) is 2.51. The second-order valence-electron chi connectivity index (χ2n) is 5.44. The van der Waals surface area contributed by atoms with Crippen LogP contribution in [0.25, 0.3) is 0 Å². The number of benzene rings is 1. The maximum Gasteiger partial charge on any atom is 0.340 e. The van der Waals surface area contributed by atoms with Crippen molar-refractivity contribution in [2.24, 2.45) is 11.8 Å². The van der Waals surface area contributed by atoms with E-state index in [9.17, 15) is 9.59 Å². The predicted octanol–water partition coefficient (Wildman–Crippen LogP) is 1.28. The van der Waals surface area contributed by atoms with E-state index in [4.69, 9.17) is 14.2 Å². The number of anilines is 1. The Balaban J connectivity index is 2.30. The minimum atomic E-state index is -0.556. The van der Waals surface area contributed by atoms with E-state index >= 15 is 0 Å². The van der Waals surface area contributed by atoms with Crippen molar-refractivity contribution < 1.29 is 23.8 Å². The Hall–Kier alpha value is -2.28. The molecule has 1 aromatic carbocycles. The third-order valence-electron chi connectivity index (χ3n) is 4.12. The van der Waals surface area contributed by atoms with Crippen molar-refractivity contribution in [2.75, 3.05) is 39.7 Å². The number of ether oxygens (including phenoxy) is 3. The maximum atomic E-state index is 12.4. The molecule has 0 aromatic heterocycles. The van der Waals surface area contributed by atoms with Gasteiger partial charge in [-0.25, -0.2) is 4.79 Å². The molecule has 126 valence electrons. The van der Waals surface area contributed by atoms with Gasteiger partial charge >= 0.3 is 5.97 Å². The minimum Gasteiger partial charge on any atom is -0.493 e. The van der Waals surface area contributed by atoms with E-state index in [1.165, 1.54) is 27.4 Å². The first-order chi connectivity index (χ1) is 11.0. The topological polar surface area (TPSA) is 85.9 Å². The molecular formula is C16H22N2O5. The van der Waals surface area contributed by atoms with Crippen LogP contribution in [0.2, 0.25) is 0 Å². The summed E-state index contributed by atoms with van der Waals surface area (Å²) in [5.41, 5.74) is 0.566. The maximum absolute atomic E-state index is 12.4. The molecular weight excluding hydrogens is 300 g/mol. The SMILES string of the molecule is COC(=O)c1cc(OC)c(OC)cc1NC(=O)C(C)C1CNC1. The van der Waals surface area contributed by atoms with Gasteiger partial charge in [0.05, 0.1) is 32.6 Å². The van der Waals surface area contributed by atoms with Crippen LogP contribution in [0.4, 0.5) is 5.69 Å². The third kappa shape index (κ3) is 3.56. The molecule has 0 spiro atoms. The van der Waals surface area contributed by atoms with Crippen LogP contribution in [0.1, 0.15) is 17.3 Å². The molecule has 0 radical (unpaired) electrons. The van der Waals surface area contributed by atoms with Gasteiger partial charge in [0.1, 0.15) is 0 Å². The number of rotatable bonds is 6. The van der Waals surface area contributed by atoms with E-state index in [1.54, 1.807) is 6.07 Å². The fourth-order valence-electron chi connectivity index (χ4n) is 2.39. The Bertz CT molecular complexity index is 598. The van der Waals surface area contributed by atoms with Gasteiger partial charge in [0.25, 0.3) is 0 Å². The highest BCUT2D eigenvalue weighted by molar-refractivity contribution is 6.02. The summed E-state index contributed by atoms with van der Waals surface area (Å²) in [4.78, 5) is 24.4. The van der Waals surface area contributed by atoms with Gasteiger partial charge in [0.15, 0.2) is 11.5 Å². The minimum absolute atomic E-state index is 0.145. The van der Waals surface area contributed by atoms with Crippen LogP contribution in [0.3, 0.4) is 0 Å². The summed E-state index contributed by atoms with van der Waals surface area (Å²) in [6, 6.07) is 3.06. The molecule has 1 unspecified atom stereocenters. The fourth-order valence-corrected chi connectivity index (χ4v) is 2.39. The Kier molecular flexibility index (Phi) is 5.44. The number of nitrogens with one attached hydrogen (secondary N) is 2. The van der Waals surface area contributed by atoms with Gasteiger partial charge in [-0.1, -0.05) is 6.92 Å². The standard InChI is InChI=1S/C16H22N2O5/c1-9(10-7-17-8-10)15(19)18-12-6-14(22-3)13(21-2)5-11(12)16(20)23-4/h5-6,9-10,17H,7-8H2,1-4H3,(H,18,19). The summed E-state index contributed by atoms with van der Waals surface area (Å²) in [5.74, 6) is 0.259. The number of carbonyl (C=O) groups excluding carboxylic acids is 2. The highest BCUT2D eigenvalue weighted by Crippen LogP contribution is 2.34. The first-order valence-corrected chi connectivity index (χ1v) is 7.37. The second kappa shape index (κ2) is 7.32. The fraction of sp³-hybridized carbons (Fsp3) is 0.500. The number of hydrogen-bond donors (Lipinski definition) is 2. The van der Waals surface area contributed by atoms with Gasteiger partial charge in [0, 0.05) is 18.1 Å². The molecule has 1 aliphatic heterocycles. The van der Waals surface area contributed by atoms with E-state index in [2.05, 4.69) is 10.6 Å². The Morgan fingerprint density at radius 1 is 1.17 bits per heavy atom. The number of carbonyl (C=O) groups is 2. The zero-order valence-corrected chi connectivity index (χ0v) is 13.8. The van der Waals surface area contributed by atoms with E-state index in [-0.39, 0.29) is 17.4 Å². The second-order valence-corrected chi connectivity index (χ2v) is 5.44. The van der Waals surface area contributed by atoms with Crippen molar-refractivity contribution >= 4 is 17.6 Å². The van der Waals surface area contributed by atoms with Gasteiger partial charge in [-0.05, 0) is 19.0 Å². The molecule has 1 aliphatic rings. The van der Waals surface area contributed by atoms with Crippen molar-refractivity contribution in [3.8, 4) is 11.5 Å². The zero-order valence-electron chi connectivity index (χ0n) is 13.8. The van der Waals surface area contributed by atoms with Crippen molar-refractivity contribution in [1.82, 2.24) is 5.32 Å².